The van der Waals surface area contributed by atoms with E-state index in [0.29, 0.717) is 0 Å². The molecule has 1 saturated heterocycles. The van der Waals surface area contributed by atoms with E-state index in [0.717, 1.165) is 30.3 Å². The molecular formula is C11H17N5S. The van der Waals surface area contributed by atoms with Gasteiger partial charge in [-0.15, -0.1) is 10.2 Å². The third-order valence-corrected chi connectivity index (χ3v) is 4.69. The molecule has 1 aliphatic rings. The number of piperidine rings is 1. The standard InChI is InChI=1S/C11H17N5S/c1-3-8-13-14-10-16(8)15-9(17-10)11(2)5-4-6-12-7-11/h12H,3-7H2,1-2H3. The normalized spacial score (nSPS) is 25.5. The van der Waals surface area contributed by atoms with Crippen molar-refractivity contribution in [3.63, 3.8) is 0 Å². The lowest BCUT2D eigenvalue weighted by Crippen LogP contribution is -2.41. The summed E-state index contributed by atoms with van der Waals surface area (Å²) in [4.78, 5) is 0.920. The van der Waals surface area contributed by atoms with Crippen molar-refractivity contribution in [2.75, 3.05) is 13.1 Å². The molecule has 3 heterocycles. The van der Waals surface area contributed by atoms with Crippen LogP contribution in [0.1, 0.15) is 37.5 Å². The van der Waals surface area contributed by atoms with Crippen LogP contribution in [0.2, 0.25) is 0 Å². The van der Waals surface area contributed by atoms with E-state index in [1.165, 1.54) is 17.8 Å². The molecule has 1 N–H and O–H groups in total. The third-order valence-electron chi connectivity index (χ3n) is 3.49. The largest absolute Gasteiger partial charge is 0.316 e. The Labute approximate surface area is 104 Å². The van der Waals surface area contributed by atoms with Gasteiger partial charge in [0.25, 0.3) is 0 Å². The predicted octanol–water partition coefficient (Wildman–Crippen LogP) is 1.39. The number of nitrogens with zero attached hydrogens (tertiary/aromatic N) is 4. The molecule has 92 valence electrons. The summed E-state index contributed by atoms with van der Waals surface area (Å²) in [6, 6.07) is 0. The van der Waals surface area contributed by atoms with Gasteiger partial charge in [-0.3, -0.25) is 0 Å². The Morgan fingerprint density at radius 3 is 3.06 bits per heavy atom. The lowest BCUT2D eigenvalue weighted by Gasteiger charge is -2.31. The molecular weight excluding hydrogens is 234 g/mol. The van der Waals surface area contributed by atoms with E-state index in [4.69, 9.17) is 5.10 Å². The molecule has 1 atom stereocenters. The Morgan fingerprint density at radius 2 is 2.35 bits per heavy atom. The number of hydrogen-bond acceptors (Lipinski definition) is 5. The molecule has 17 heavy (non-hydrogen) atoms. The van der Waals surface area contributed by atoms with Crippen molar-refractivity contribution in [3.05, 3.63) is 10.8 Å². The zero-order valence-corrected chi connectivity index (χ0v) is 11.0. The highest BCUT2D eigenvalue weighted by molar-refractivity contribution is 7.16. The molecule has 3 rings (SSSR count). The van der Waals surface area contributed by atoms with Crippen LogP contribution in [-0.4, -0.2) is 32.9 Å². The summed E-state index contributed by atoms with van der Waals surface area (Å²) in [5.41, 5.74) is 0.161. The zero-order valence-electron chi connectivity index (χ0n) is 10.2. The molecule has 0 radical (unpaired) electrons. The Morgan fingerprint density at radius 1 is 1.47 bits per heavy atom. The van der Waals surface area contributed by atoms with Crippen molar-refractivity contribution in [1.82, 2.24) is 25.1 Å². The number of fused-ring (bicyclic) bond motifs is 1. The van der Waals surface area contributed by atoms with Gasteiger partial charge in [-0.25, -0.2) is 0 Å². The number of nitrogens with one attached hydrogen (secondary N) is 1. The Bertz CT molecular complexity index is 523. The van der Waals surface area contributed by atoms with Crippen molar-refractivity contribution in [1.29, 1.82) is 0 Å². The fraction of sp³-hybridized carbons (Fsp3) is 0.727. The SMILES string of the molecule is CCc1nnc2sc(C3(C)CCCNC3)nn12. The van der Waals surface area contributed by atoms with Crippen LogP contribution in [0.15, 0.2) is 0 Å². The van der Waals surface area contributed by atoms with E-state index in [1.807, 2.05) is 4.52 Å². The van der Waals surface area contributed by atoms with Crippen molar-refractivity contribution in [3.8, 4) is 0 Å². The van der Waals surface area contributed by atoms with Crippen molar-refractivity contribution < 1.29 is 0 Å². The molecule has 1 fully saturated rings. The van der Waals surface area contributed by atoms with Gasteiger partial charge in [0, 0.05) is 18.4 Å². The lowest BCUT2D eigenvalue weighted by molar-refractivity contribution is 0.336. The second-order valence-corrected chi connectivity index (χ2v) is 5.87. The topological polar surface area (TPSA) is 55.1 Å². The second kappa shape index (κ2) is 4.03. The fourth-order valence-electron chi connectivity index (χ4n) is 2.36. The van der Waals surface area contributed by atoms with E-state index in [9.17, 15) is 0 Å². The zero-order chi connectivity index (χ0) is 11.9. The van der Waals surface area contributed by atoms with Crippen molar-refractivity contribution >= 4 is 16.3 Å². The molecule has 6 heteroatoms. The van der Waals surface area contributed by atoms with Crippen LogP contribution in [0, 0.1) is 0 Å². The Kier molecular flexibility index (Phi) is 2.63. The van der Waals surface area contributed by atoms with Crippen LogP contribution in [0.3, 0.4) is 0 Å². The molecule has 1 unspecified atom stereocenters. The van der Waals surface area contributed by atoms with Gasteiger partial charge in [-0.1, -0.05) is 25.2 Å². The fourth-order valence-corrected chi connectivity index (χ4v) is 3.39. The van der Waals surface area contributed by atoms with Crippen LogP contribution in [0.4, 0.5) is 0 Å². The maximum Gasteiger partial charge on any atom is 0.234 e. The van der Waals surface area contributed by atoms with Gasteiger partial charge in [-0.05, 0) is 19.4 Å². The summed E-state index contributed by atoms with van der Waals surface area (Å²) in [6.45, 7) is 6.51. The molecule has 5 nitrogen and oxygen atoms in total. The van der Waals surface area contributed by atoms with Crippen molar-refractivity contribution in [2.45, 2.75) is 38.5 Å². The summed E-state index contributed by atoms with van der Waals surface area (Å²) in [7, 11) is 0. The highest BCUT2D eigenvalue weighted by Gasteiger charge is 2.33. The van der Waals surface area contributed by atoms with E-state index >= 15 is 0 Å². The summed E-state index contributed by atoms with van der Waals surface area (Å²) >= 11 is 1.68. The van der Waals surface area contributed by atoms with Crippen LogP contribution < -0.4 is 5.32 Å². The monoisotopic (exact) mass is 251 g/mol. The van der Waals surface area contributed by atoms with Crippen molar-refractivity contribution in [2.24, 2.45) is 0 Å². The summed E-state index contributed by atoms with van der Waals surface area (Å²) in [5.74, 6) is 0.954. The minimum absolute atomic E-state index is 0.161. The minimum atomic E-state index is 0.161. The first kappa shape index (κ1) is 11.1. The van der Waals surface area contributed by atoms with Crippen LogP contribution in [-0.2, 0) is 11.8 Å². The quantitative estimate of drug-likeness (QED) is 0.876. The molecule has 0 spiro atoms. The first-order chi connectivity index (χ1) is 8.23. The second-order valence-electron chi connectivity index (χ2n) is 4.91. The third kappa shape index (κ3) is 1.75. The van der Waals surface area contributed by atoms with Gasteiger partial charge in [0.15, 0.2) is 5.82 Å². The van der Waals surface area contributed by atoms with Crippen LogP contribution in [0.5, 0.6) is 0 Å². The highest BCUT2D eigenvalue weighted by Crippen LogP contribution is 2.33. The minimum Gasteiger partial charge on any atom is -0.316 e. The molecule has 2 aromatic heterocycles. The first-order valence-electron chi connectivity index (χ1n) is 6.15. The van der Waals surface area contributed by atoms with Crippen LogP contribution >= 0.6 is 11.3 Å². The molecule has 0 bridgehead atoms. The van der Waals surface area contributed by atoms with E-state index in [-0.39, 0.29) is 5.41 Å². The highest BCUT2D eigenvalue weighted by atomic mass is 32.1. The molecule has 0 aromatic carbocycles. The lowest BCUT2D eigenvalue weighted by atomic mass is 9.83. The molecule has 1 aliphatic heterocycles. The summed E-state index contributed by atoms with van der Waals surface area (Å²) in [5, 5.41) is 17.7. The van der Waals surface area contributed by atoms with E-state index in [2.05, 4.69) is 29.4 Å². The maximum absolute atomic E-state index is 4.71. The average molecular weight is 251 g/mol. The predicted molar refractivity (Wildman–Crippen MR) is 67.5 cm³/mol. The van der Waals surface area contributed by atoms with Gasteiger partial charge in [-0.2, -0.15) is 9.61 Å². The molecule has 2 aromatic rings. The van der Waals surface area contributed by atoms with Gasteiger partial charge in [0.05, 0.1) is 0 Å². The van der Waals surface area contributed by atoms with Crippen LogP contribution in [0.25, 0.3) is 4.96 Å². The molecule has 0 aliphatic carbocycles. The van der Waals surface area contributed by atoms with Gasteiger partial charge >= 0.3 is 0 Å². The van der Waals surface area contributed by atoms with E-state index in [1.54, 1.807) is 11.3 Å². The summed E-state index contributed by atoms with van der Waals surface area (Å²) in [6.07, 6.45) is 3.29. The number of rotatable bonds is 2. The average Bonchev–Trinajstić information content (AvgIpc) is 2.89. The summed E-state index contributed by atoms with van der Waals surface area (Å²) < 4.78 is 1.90. The Balaban J connectivity index is 2.02. The first-order valence-corrected chi connectivity index (χ1v) is 6.97. The number of hydrogen-bond donors (Lipinski definition) is 1. The molecule has 0 saturated carbocycles. The Hall–Kier alpha value is -1.01. The smallest absolute Gasteiger partial charge is 0.234 e. The molecule has 0 amide bonds. The maximum atomic E-state index is 4.71. The number of aryl methyl sites for hydroxylation is 1. The van der Waals surface area contributed by atoms with Gasteiger partial charge < -0.3 is 5.32 Å². The van der Waals surface area contributed by atoms with E-state index < -0.39 is 0 Å². The van der Waals surface area contributed by atoms with Gasteiger partial charge in [0.2, 0.25) is 4.96 Å². The number of aromatic nitrogens is 4. The van der Waals surface area contributed by atoms with Gasteiger partial charge in [0.1, 0.15) is 5.01 Å².